The Balaban J connectivity index is 1.99. The summed E-state index contributed by atoms with van der Waals surface area (Å²) >= 11 is 3.44. The van der Waals surface area contributed by atoms with E-state index in [1.165, 1.54) is 5.56 Å². The van der Waals surface area contributed by atoms with E-state index in [0.717, 1.165) is 10.9 Å². The second-order valence-electron chi connectivity index (χ2n) is 4.13. The van der Waals surface area contributed by atoms with Gasteiger partial charge in [-0.15, -0.1) is 0 Å². The first kappa shape index (κ1) is 13.2. The maximum absolute atomic E-state index is 5.08. The summed E-state index contributed by atoms with van der Waals surface area (Å²) in [6.07, 6.45) is 1.01. The number of aromatic nitrogens is 2. The van der Waals surface area contributed by atoms with Gasteiger partial charge in [0.2, 0.25) is 5.89 Å². The minimum Gasteiger partial charge on any atom is -0.338 e. The first-order valence-electron chi connectivity index (χ1n) is 5.97. The second kappa shape index (κ2) is 6.11. The van der Waals surface area contributed by atoms with Gasteiger partial charge in [0.1, 0.15) is 0 Å². The number of nitrogens with zero attached hydrogens (tertiary/aromatic N) is 2. The number of rotatable bonds is 5. The average molecular weight is 310 g/mol. The summed E-state index contributed by atoms with van der Waals surface area (Å²) in [6.45, 7) is 4.56. The van der Waals surface area contributed by atoms with Crippen molar-refractivity contribution in [3.8, 4) is 0 Å². The van der Waals surface area contributed by atoms with E-state index >= 15 is 0 Å². The van der Waals surface area contributed by atoms with Crippen molar-refractivity contribution >= 4 is 15.9 Å². The summed E-state index contributed by atoms with van der Waals surface area (Å²) in [6, 6.07) is 8.63. The van der Waals surface area contributed by atoms with Crippen LogP contribution in [0.5, 0.6) is 0 Å². The zero-order valence-corrected chi connectivity index (χ0v) is 12.1. The normalized spacial score (nSPS) is 12.6. The van der Waals surface area contributed by atoms with Gasteiger partial charge < -0.3 is 9.84 Å². The minimum absolute atomic E-state index is 0.297. The molecule has 1 aromatic carbocycles. The molecule has 4 nitrogen and oxygen atoms in total. The van der Waals surface area contributed by atoms with E-state index in [-0.39, 0.29) is 0 Å². The monoisotopic (exact) mass is 309 g/mol. The Morgan fingerprint density at radius 2 is 2.06 bits per heavy atom. The highest BCUT2D eigenvalue weighted by atomic mass is 79.9. The van der Waals surface area contributed by atoms with Gasteiger partial charge in [-0.3, -0.25) is 0 Å². The van der Waals surface area contributed by atoms with Crippen LogP contribution >= 0.6 is 15.9 Å². The highest BCUT2D eigenvalue weighted by Gasteiger charge is 2.10. The van der Waals surface area contributed by atoms with Crippen molar-refractivity contribution in [2.75, 3.05) is 0 Å². The van der Waals surface area contributed by atoms with Gasteiger partial charge in [-0.05, 0) is 31.0 Å². The molecule has 1 atom stereocenters. The molecule has 0 aliphatic heterocycles. The predicted molar refractivity (Wildman–Crippen MR) is 73.0 cm³/mol. The molecule has 0 aliphatic rings. The van der Waals surface area contributed by atoms with Crippen molar-refractivity contribution in [3.05, 3.63) is 46.0 Å². The summed E-state index contributed by atoms with van der Waals surface area (Å²) < 4.78 is 6.17. The Bertz CT molecular complexity index is 495. The smallest absolute Gasteiger partial charge is 0.240 e. The van der Waals surface area contributed by atoms with E-state index in [1.54, 1.807) is 0 Å². The van der Waals surface area contributed by atoms with Crippen molar-refractivity contribution < 1.29 is 4.52 Å². The standard InChI is InChI=1S/C13H16BrN3O/c1-3-12(10-4-6-11(14)7-5-10)15-8-13-16-9(2)17-18-13/h4-7,12,15H,3,8H2,1-2H3. The van der Waals surface area contributed by atoms with Gasteiger partial charge in [0.25, 0.3) is 0 Å². The zero-order valence-electron chi connectivity index (χ0n) is 10.5. The van der Waals surface area contributed by atoms with Crippen molar-refractivity contribution in [2.24, 2.45) is 0 Å². The first-order valence-corrected chi connectivity index (χ1v) is 6.76. The van der Waals surface area contributed by atoms with E-state index in [1.807, 2.05) is 6.92 Å². The summed E-state index contributed by atoms with van der Waals surface area (Å²) in [5.41, 5.74) is 1.26. The van der Waals surface area contributed by atoms with Gasteiger partial charge in [0.15, 0.2) is 5.82 Å². The van der Waals surface area contributed by atoms with Crippen LogP contribution in [-0.4, -0.2) is 10.1 Å². The lowest BCUT2D eigenvalue weighted by Crippen LogP contribution is -2.20. The van der Waals surface area contributed by atoms with Gasteiger partial charge in [-0.2, -0.15) is 4.98 Å². The third-order valence-electron chi connectivity index (χ3n) is 2.75. The molecular formula is C13H16BrN3O. The lowest BCUT2D eigenvalue weighted by atomic mass is 10.0. The Kier molecular flexibility index (Phi) is 4.49. The van der Waals surface area contributed by atoms with Crippen molar-refractivity contribution in [1.82, 2.24) is 15.5 Å². The predicted octanol–water partition coefficient (Wildman–Crippen LogP) is 3.38. The Morgan fingerprint density at radius 1 is 1.33 bits per heavy atom. The second-order valence-corrected chi connectivity index (χ2v) is 5.04. The van der Waals surface area contributed by atoms with E-state index in [9.17, 15) is 0 Å². The van der Waals surface area contributed by atoms with Crippen LogP contribution in [0.25, 0.3) is 0 Å². The van der Waals surface area contributed by atoms with Crippen LogP contribution < -0.4 is 5.32 Å². The first-order chi connectivity index (χ1) is 8.69. The molecule has 0 fully saturated rings. The Labute approximate surface area is 115 Å². The van der Waals surface area contributed by atoms with Crippen LogP contribution in [0, 0.1) is 6.92 Å². The quantitative estimate of drug-likeness (QED) is 0.920. The van der Waals surface area contributed by atoms with Crippen LogP contribution in [0.15, 0.2) is 33.3 Å². The number of hydrogen-bond acceptors (Lipinski definition) is 4. The van der Waals surface area contributed by atoms with Gasteiger partial charge in [-0.25, -0.2) is 0 Å². The number of benzene rings is 1. The van der Waals surface area contributed by atoms with Gasteiger partial charge in [-0.1, -0.05) is 40.1 Å². The third-order valence-corrected chi connectivity index (χ3v) is 3.28. The van der Waals surface area contributed by atoms with Crippen LogP contribution in [0.2, 0.25) is 0 Å². The molecule has 0 radical (unpaired) electrons. The topological polar surface area (TPSA) is 51.0 Å². The van der Waals surface area contributed by atoms with Crippen molar-refractivity contribution in [3.63, 3.8) is 0 Å². The largest absolute Gasteiger partial charge is 0.338 e. The molecule has 1 aromatic heterocycles. The summed E-state index contributed by atoms with van der Waals surface area (Å²) in [4.78, 5) is 4.18. The number of nitrogens with one attached hydrogen (secondary N) is 1. The maximum atomic E-state index is 5.08. The molecule has 1 heterocycles. The molecule has 1 N–H and O–H groups in total. The van der Waals surface area contributed by atoms with Crippen LogP contribution in [0.3, 0.4) is 0 Å². The molecule has 5 heteroatoms. The summed E-state index contributed by atoms with van der Waals surface area (Å²) in [5, 5.41) is 7.20. The van der Waals surface area contributed by atoms with Crippen molar-refractivity contribution in [2.45, 2.75) is 32.9 Å². The van der Waals surface area contributed by atoms with Crippen molar-refractivity contribution in [1.29, 1.82) is 0 Å². The molecule has 0 amide bonds. The molecule has 2 rings (SSSR count). The van der Waals surface area contributed by atoms with Gasteiger partial charge in [0, 0.05) is 10.5 Å². The van der Waals surface area contributed by atoms with Gasteiger partial charge >= 0.3 is 0 Å². The number of hydrogen-bond donors (Lipinski definition) is 1. The highest BCUT2D eigenvalue weighted by molar-refractivity contribution is 9.10. The van der Waals surface area contributed by atoms with Crippen LogP contribution in [0.4, 0.5) is 0 Å². The summed E-state index contributed by atoms with van der Waals surface area (Å²) in [5.74, 6) is 1.30. The minimum atomic E-state index is 0.297. The molecule has 0 spiro atoms. The fraction of sp³-hybridized carbons (Fsp3) is 0.385. The highest BCUT2D eigenvalue weighted by Crippen LogP contribution is 2.19. The Morgan fingerprint density at radius 3 is 2.61 bits per heavy atom. The lowest BCUT2D eigenvalue weighted by molar-refractivity contribution is 0.353. The van der Waals surface area contributed by atoms with Crippen LogP contribution in [-0.2, 0) is 6.54 Å². The summed E-state index contributed by atoms with van der Waals surface area (Å²) in [7, 11) is 0. The molecule has 0 aliphatic carbocycles. The average Bonchev–Trinajstić information content (AvgIpc) is 2.78. The SMILES string of the molecule is CCC(NCc1nc(C)no1)c1ccc(Br)cc1. The molecule has 96 valence electrons. The fourth-order valence-corrected chi connectivity index (χ4v) is 2.08. The molecule has 0 bridgehead atoms. The number of aryl methyl sites for hydroxylation is 1. The maximum Gasteiger partial charge on any atom is 0.240 e. The van der Waals surface area contributed by atoms with E-state index < -0.39 is 0 Å². The lowest BCUT2D eigenvalue weighted by Gasteiger charge is -2.16. The van der Waals surface area contributed by atoms with E-state index in [4.69, 9.17) is 4.52 Å². The van der Waals surface area contributed by atoms with E-state index in [2.05, 4.69) is 62.6 Å². The molecular weight excluding hydrogens is 294 g/mol. The number of halogens is 1. The third kappa shape index (κ3) is 3.40. The zero-order chi connectivity index (χ0) is 13.0. The Hall–Kier alpha value is -1.20. The molecule has 2 aromatic rings. The molecule has 1 unspecified atom stereocenters. The van der Waals surface area contributed by atoms with Crippen LogP contribution in [0.1, 0.15) is 36.7 Å². The molecule has 0 saturated carbocycles. The molecule has 0 saturated heterocycles. The molecule has 18 heavy (non-hydrogen) atoms. The fourth-order valence-electron chi connectivity index (χ4n) is 1.82. The van der Waals surface area contributed by atoms with Gasteiger partial charge in [0.05, 0.1) is 6.54 Å². The van der Waals surface area contributed by atoms with E-state index in [0.29, 0.717) is 24.3 Å².